The van der Waals surface area contributed by atoms with Gasteiger partial charge in [0.1, 0.15) is 0 Å². The second-order valence-corrected chi connectivity index (χ2v) is 3.77. The Morgan fingerprint density at radius 2 is 1.91 bits per heavy atom. The summed E-state index contributed by atoms with van der Waals surface area (Å²) in [6.45, 7) is 4.05. The van der Waals surface area contributed by atoms with Crippen LogP contribution in [0.1, 0.15) is 26.7 Å². The van der Waals surface area contributed by atoms with Crippen LogP contribution in [0.5, 0.6) is 0 Å². The van der Waals surface area contributed by atoms with Crippen LogP contribution < -0.4 is 0 Å². The number of hydrogen-bond donors (Lipinski definition) is 1. The standard InChI is InChI=1S/C9H18O2/c1-6(2)8(10)9(11-3)7-4-5-7/h6-10H,4-5H2,1-3H3. The normalized spacial score (nSPS) is 23.7. The molecule has 0 bridgehead atoms. The summed E-state index contributed by atoms with van der Waals surface area (Å²) < 4.78 is 5.25. The number of methoxy groups -OCH3 is 1. The largest absolute Gasteiger partial charge is 0.390 e. The number of ether oxygens (including phenoxy) is 1. The first-order chi connectivity index (χ1) is 5.16. The molecule has 1 aliphatic rings. The molecular weight excluding hydrogens is 140 g/mol. The molecular formula is C9H18O2. The lowest BCUT2D eigenvalue weighted by Gasteiger charge is -2.24. The van der Waals surface area contributed by atoms with Gasteiger partial charge < -0.3 is 9.84 Å². The quantitative estimate of drug-likeness (QED) is 0.670. The Kier molecular flexibility index (Phi) is 2.90. The van der Waals surface area contributed by atoms with Gasteiger partial charge in [-0.05, 0) is 24.7 Å². The number of aliphatic hydroxyl groups is 1. The fourth-order valence-corrected chi connectivity index (χ4v) is 1.41. The molecule has 0 aromatic heterocycles. The highest BCUT2D eigenvalue weighted by Crippen LogP contribution is 2.36. The van der Waals surface area contributed by atoms with Crippen molar-refractivity contribution in [3.05, 3.63) is 0 Å². The molecule has 0 spiro atoms. The molecule has 1 N–H and O–H groups in total. The van der Waals surface area contributed by atoms with E-state index in [1.807, 2.05) is 13.8 Å². The smallest absolute Gasteiger partial charge is 0.0860 e. The van der Waals surface area contributed by atoms with E-state index < -0.39 is 0 Å². The van der Waals surface area contributed by atoms with Crippen LogP contribution in [0, 0.1) is 11.8 Å². The predicted molar refractivity (Wildman–Crippen MR) is 44.4 cm³/mol. The Bertz CT molecular complexity index is 119. The van der Waals surface area contributed by atoms with Gasteiger partial charge in [-0.15, -0.1) is 0 Å². The minimum absolute atomic E-state index is 0.0787. The van der Waals surface area contributed by atoms with Crippen LogP contribution in [0.4, 0.5) is 0 Å². The van der Waals surface area contributed by atoms with Gasteiger partial charge >= 0.3 is 0 Å². The predicted octanol–water partition coefficient (Wildman–Crippen LogP) is 1.43. The summed E-state index contributed by atoms with van der Waals surface area (Å²) in [6, 6.07) is 0. The molecule has 2 atom stereocenters. The Morgan fingerprint density at radius 1 is 1.36 bits per heavy atom. The molecule has 1 fully saturated rings. The molecule has 1 aliphatic carbocycles. The van der Waals surface area contributed by atoms with Crippen molar-refractivity contribution in [2.45, 2.75) is 38.9 Å². The molecule has 0 saturated heterocycles. The molecule has 11 heavy (non-hydrogen) atoms. The first-order valence-corrected chi connectivity index (χ1v) is 4.37. The van der Waals surface area contributed by atoms with Crippen molar-refractivity contribution >= 4 is 0 Å². The van der Waals surface area contributed by atoms with E-state index in [-0.39, 0.29) is 12.2 Å². The summed E-state index contributed by atoms with van der Waals surface area (Å²) in [5.41, 5.74) is 0. The van der Waals surface area contributed by atoms with Gasteiger partial charge in [-0.2, -0.15) is 0 Å². The van der Waals surface area contributed by atoms with Crippen LogP contribution in [0.15, 0.2) is 0 Å². The van der Waals surface area contributed by atoms with Crippen LogP contribution in [0.3, 0.4) is 0 Å². The van der Waals surface area contributed by atoms with E-state index in [1.54, 1.807) is 7.11 Å². The third kappa shape index (κ3) is 2.17. The second kappa shape index (κ2) is 3.55. The Labute approximate surface area is 68.6 Å². The zero-order valence-corrected chi connectivity index (χ0v) is 7.58. The molecule has 2 heteroatoms. The highest BCUT2D eigenvalue weighted by atomic mass is 16.5. The van der Waals surface area contributed by atoms with Crippen molar-refractivity contribution < 1.29 is 9.84 Å². The lowest BCUT2D eigenvalue weighted by molar-refractivity contribution is -0.0454. The number of hydrogen-bond acceptors (Lipinski definition) is 2. The Hall–Kier alpha value is -0.0800. The van der Waals surface area contributed by atoms with Gasteiger partial charge in [-0.1, -0.05) is 13.8 Å². The molecule has 0 heterocycles. The van der Waals surface area contributed by atoms with Crippen molar-refractivity contribution in [2.24, 2.45) is 11.8 Å². The zero-order valence-electron chi connectivity index (χ0n) is 7.58. The maximum absolute atomic E-state index is 9.67. The summed E-state index contributed by atoms with van der Waals surface area (Å²) in [4.78, 5) is 0. The molecule has 2 nitrogen and oxygen atoms in total. The number of rotatable bonds is 4. The summed E-state index contributed by atoms with van der Waals surface area (Å²) in [6.07, 6.45) is 2.24. The average molecular weight is 158 g/mol. The lowest BCUT2D eigenvalue weighted by Crippen LogP contribution is -2.34. The van der Waals surface area contributed by atoms with Gasteiger partial charge in [-0.25, -0.2) is 0 Å². The van der Waals surface area contributed by atoms with Gasteiger partial charge in [-0.3, -0.25) is 0 Å². The SMILES string of the molecule is COC(C1CC1)C(O)C(C)C. The van der Waals surface area contributed by atoms with E-state index in [0.29, 0.717) is 11.8 Å². The lowest BCUT2D eigenvalue weighted by atomic mass is 9.99. The van der Waals surface area contributed by atoms with Gasteiger partial charge in [0.05, 0.1) is 12.2 Å². The molecule has 1 saturated carbocycles. The zero-order chi connectivity index (χ0) is 8.43. The van der Waals surface area contributed by atoms with Crippen LogP contribution in [-0.4, -0.2) is 24.4 Å². The third-order valence-electron chi connectivity index (χ3n) is 2.38. The summed E-state index contributed by atoms with van der Waals surface area (Å²) in [7, 11) is 1.69. The minimum Gasteiger partial charge on any atom is -0.390 e. The van der Waals surface area contributed by atoms with Crippen molar-refractivity contribution in [3.63, 3.8) is 0 Å². The van der Waals surface area contributed by atoms with E-state index in [2.05, 4.69) is 0 Å². The Balaban J connectivity index is 2.39. The van der Waals surface area contributed by atoms with Gasteiger partial charge in [0, 0.05) is 7.11 Å². The number of aliphatic hydroxyl groups excluding tert-OH is 1. The summed E-state index contributed by atoms with van der Waals surface area (Å²) in [5.74, 6) is 0.929. The van der Waals surface area contributed by atoms with Crippen molar-refractivity contribution in [1.82, 2.24) is 0 Å². The van der Waals surface area contributed by atoms with Crippen LogP contribution in [0.25, 0.3) is 0 Å². The molecule has 0 amide bonds. The van der Waals surface area contributed by atoms with E-state index in [4.69, 9.17) is 4.74 Å². The fourth-order valence-electron chi connectivity index (χ4n) is 1.41. The van der Waals surface area contributed by atoms with Crippen molar-refractivity contribution in [2.75, 3.05) is 7.11 Å². The average Bonchev–Trinajstić information content (AvgIpc) is 2.72. The van der Waals surface area contributed by atoms with E-state index in [1.165, 1.54) is 12.8 Å². The molecule has 0 aliphatic heterocycles. The molecule has 66 valence electrons. The highest BCUT2D eigenvalue weighted by molar-refractivity contribution is 4.87. The van der Waals surface area contributed by atoms with E-state index in [0.717, 1.165) is 0 Å². The van der Waals surface area contributed by atoms with Crippen molar-refractivity contribution in [1.29, 1.82) is 0 Å². The minimum atomic E-state index is -0.285. The summed E-state index contributed by atoms with van der Waals surface area (Å²) in [5, 5.41) is 9.67. The second-order valence-electron chi connectivity index (χ2n) is 3.77. The van der Waals surface area contributed by atoms with Gasteiger partial charge in [0.25, 0.3) is 0 Å². The third-order valence-corrected chi connectivity index (χ3v) is 2.38. The first kappa shape index (κ1) is 9.01. The van der Waals surface area contributed by atoms with Gasteiger partial charge in [0.15, 0.2) is 0 Å². The molecule has 0 aromatic rings. The molecule has 0 aromatic carbocycles. The maximum atomic E-state index is 9.67. The fraction of sp³-hybridized carbons (Fsp3) is 1.00. The van der Waals surface area contributed by atoms with Crippen LogP contribution in [0.2, 0.25) is 0 Å². The monoisotopic (exact) mass is 158 g/mol. The highest BCUT2D eigenvalue weighted by Gasteiger charge is 2.36. The first-order valence-electron chi connectivity index (χ1n) is 4.37. The summed E-state index contributed by atoms with van der Waals surface area (Å²) >= 11 is 0. The van der Waals surface area contributed by atoms with Crippen molar-refractivity contribution in [3.8, 4) is 0 Å². The molecule has 2 unspecified atom stereocenters. The van der Waals surface area contributed by atoms with Gasteiger partial charge in [0.2, 0.25) is 0 Å². The maximum Gasteiger partial charge on any atom is 0.0860 e. The Morgan fingerprint density at radius 3 is 2.18 bits per heavy atom. The van der Waals surface area contributed by atoms with Crippen LogP contribution >= 0.6 is 0 Å². The van der Waals surface area contributed by atoms with E-state index in [9.17, 15) is 5.11 Å². The van der Waals surface area contributed by atoms with Crippen LogP contribution in [-0.2, 0) is 4.74 Å². The molecule has 0 radical (unpaired) electrons. The topological polar surface area (TPSA) is 29.5 Å². The molecule has 1 rings (SSSR count). The van der Waals surface area contributed by atoms with E-state index >= 15 is 0 Å².